The second-order valence-electron chi connectivity index (χ2n) is 5.03. The van der Waals surface area contributed by atoms with Gasteiger partial charge in [0.2, 0.25) is 5.91 Å². The van der Waals surface area contributed by atoms with E-state index < -0.39 is 0 Å². The van der Waals surface area contributed by atoms with Gasteiger partial charge in [-0.3, -0.25) is 4.79 Å². The molecule has 1 heterocycles. The second kappa shape index (κ2) is 8.39. The minimum absolute atomic E-state index is 0.0501. The third-order valence-corrected chi connectivity index (χ3v) is 4.25. The van der Waals surface area contributed by atoms with Crippen LogP contribution in [-0.2, 0) is 11.2 Å². The molecule has 0 saturated carbocycles. The summed E-state index contributed by atoms with van der Waals surface area (Å²) in [7, 11) is 3.25. The smallest absolute Gasteiger partial charge is 0.246 e. The van der Waals surface area contributed by atoms with E-state index >= 15 is 0 Å². The van der Waals surface area contributed by atoms with Gasteiger partial charge in [0, 0.05) is 23.1 Å². The van der Waals surface area contributed by atoms with Gasteiger partial charge in [0.15, 0.2) is 0 Å². The summed E-state index contributed by atoms with van der Waals surface area (Å²) >= 11 is 1.61. The van der Waals surface area contributed by atoms with Crippen molar-refractivity contribution < 1.29 is 14.3 Å². The molecule has 0 aliphatic rings. The van der Waals surface area contributed by atoms with Crippen LogP contribution in [0.3, 0.4) is 0 Å². The molecule has 1 amide bonds. The van der Waals surface area contributed by atoms with Crippen molar-refractivity contribution in [2.24, 2.45) is 0 Å². The molecule has 1 aromatic heterocycles. The highest BCUT2D eigenvalue weighted by Gasteiger charge is 2.07. The largest absolute Gasteiger partial charge is 0.497 e. The monoisotopic (exact) mass is 331 g/mol. The van der Waals surface area contributed by atoms with E-state index in [2.05, 4.69) is 5.32 Å². The molecule has 0 aliphatic heterocycles. The first-order chi connectivity index (χ1) is 11.1. The summed E-state index contributed by atoms with van der Waals surface area (Å²) in [6.07, 6.45) is 2.60. The van der Waals surface area contributed by atoms with Crippen LogP contribution in [0.2, 0.25) is 0 Å². The first-order valence-electron chi connectivity index (χ1n) is 7.35. The maximum Gasteiger partial charge on any atom is 0.246 e. The van der Waals surface area contributed by atoms with Gasteiger partial charge >= 0.3 is 0 Å². The summed E-state index contributed by atoms with van der Waals surface area (Å²) in [4.78, 5) is 13.2. The summed E-state index contributed by atoms with van der Waals surface area (Å²) in [5, 5.41) is 4.93. The Balaban J connectivity index is 1.90. The molecular weight excluding hydrogens is 310 g/mol. The van der Waals surface area contributed by atoms with Crippen molar-refractivity contribution in [3.8, 4) is 11.5 Å². The fraction of sp³-hybridized carbons (Fsp3) is 0.278. The molecule has 1 N–H and O–H groups in total. The number of hydrogen-bond donors (Lipinski definition) is 1. The molecule has 0 aliphatic carbocycles. The van der Waals surface area contributed by atoms with E-state index in [-0.39, 0.29) is 5.91 Å². The molecule has 0 fully saturated rings. The fourth-order valence-corrected chi connectivity index (χ4v) is 2.88. The standard InChI is InChI=1S/C18H21NO3S/c1-13(11-16-5-4-10-23-16)18(20)19-9-8-14-6-7-15(21-2)12-17(14)22-3/h4-7,10-12H,8-9H2,1-3H3,(H,19,20)/b13-11+. The zero-order valence-corrected chi connectivity index (χ0v) is 14.4. The van der Waals surface area contributed by atoms with Crippen LogP contribution in [0.1, 0.15) is 17.4 Å². The lowest BCUT2D eigenvalue weighted by Crippen LogP contribution is -2.26. The predicted octanol–water partition coefficient (Wildman–Crippen LogP) is 3.53. The van der Waals surface area contributed by atoms with Crippen LogP contribution in [0.4, 0.5) is 0 Å². The number of benzene rings is 1. The van der Waals surface area contributed by atoms with Crippen LogP contribution < -0.4 is 14.8 Å². The second-order valence-corrected chi connectivity index (χ2v) is 6.01. The molecule has 0 radical (unpaired) electrons. The van der Waals surface area contributed by atoms with Crippen molar-refractivity contribution in [2.75, 3.05) is 20.8 Å². The number of methoxy groups -OCH3 is 2. The molecule has 4 nitrogen and oxygen atoms in total. The summed E-state index contributed by atoms with van der Waals surface area (Å²) in [6.45, 7) is 2.38. The normalized spacial score (nSPS) is 11.2. The molecule has 23 heavy (non-hydrogen) atoms. The lowest BCUT2D eigenvalue weighted by Gasteiger charge is -2.11. The lowest BCUT2D eigenvalue weighted by atomic mass is 10.1. The summed E-state index contributed by atoms with van der Waals surface area (Å²) < 4.78 is 10.5. The molecule has 0 spiro atoms. The average Bonchev–Trinajstić information content (AvgIpc) is 3.07. The van der Waals surface area contributed by atoms with E-state index in [1.165, 1.54) is 0 Å². The topological polar surface area (TPSA) is 47.6 Å². The van der Waals surface area contributed by atoms with E-state index in [0.717, 1.165) is 21.9 Å². The third kappa shape index (κ3) is 4.86. The van der Waals surface area contributed by atoms with Crippen LogP contribution in [0.5, 0.6) is 11.5 Å². The highest BCUT2D eigenvalue weighted by molar-refractivity contribution is 7.10. The Bertz CT molecular complexity index is 678. The predicted molar refractivity (Wildman–Crippen MR) is 94.2 cm³/mol. The minimum atomic E-state index is -0.0501. The molecule has 2 rings (SSSR count). The van der Waals surface area contributed by atoms with Gasteiger partial charge in [-0.05, 0) is 42.5 Å². The maximum atomic E-state index is 12.1. The van der Waals surface area contributed by atoms with Crippen molar-refractivity contribution >= 4 is 23.3 Å². The van der Waals surface area contributed by atoms with Crippen LogP contribution >= 0.6 is 11.3 Å². The zero-order chi connectivity index (χ0) is 16.7. The molecule has 0 atom stereocenters. The molecule has 122 valence electrons. The Morgan fingerprint density at radius 3 is 2.74 bits per heavy atom. The van der Waals surface area contributed by atoms with Gasteiger partial charge in [-0.15, -0.1) is 11.3 Å². The number of carbonyl (C=O) groups is 1. The first kappa shape index (κ1) is 17.1. The SMILES string of the molecule is COc1ccc(CCNC(=O)/C(C)=C/c2cccs2)c(OC)c1. The quantitative estimate of drug-likeness (QED) is 0.790. The van der Waals surface area contributed by atoms with Gasteiger partial charge in [-0.2, -0.15) is 0 Å². The highest BCUT2D eigenvalue weighted by atomic mass is 32.1. The number of thiophene rings is 1. The minimum Gasteiger partial charge on any atom is -0.497 e. The van der Waals surface area contributed by atoms with E-state index in [1.807, 2.05) is 48.7 Å². The number of carbonyl (C=O) groups excluding carboxylic acids is 1. The summed E-state index contributed by atoms with van der Waals surface area (Å²) in [6, 6.07) is 9.65. The van der Waals surface area contributed by atoms with Crippen molar-refractivity contribution in [1.29, 1.82) is 0 Å². The van der Waals surface area contributed by atoms with Crippen molar-refractivity contribution in [3.05, 3.63) is 51.7 Å². The van der Waals surface area contributed by atoms with E-state index in [1.54, 1.807) is 25.6 Å². The number of ether oxygens (including phenoxy) is 2. The van der Waals surface area contributed by atoms with Crippen molar-refractivity contribution in [1.82, 2.24) is 5.32 Å². The molecule has 5 heteroatoms. The van der Waals surface area contributed by atoms with Crippen LogP contribution in [-0.4, -0.2) is 26.7 Å². The molecule has 0 saturated heterocycles. The van der Waals surface area contributed by atoms with Gasteiger partial charge in [-0.1, -0.05) is 12.1 Å². The van der Waals surface area contributed by atoms with Gasteiger partial charge in [0.05, 0.1) is 14.2 Å². The summed E-state index contributed by atoms with van der Waals surface area (Å²) in [5.41, 5.74) is 1.74. The lowest BCUT2D eigenvalue weighted by molar-refractivity contribution is -0.117. The molecular formula is C18H21NO3S. The Morgan fingerprint density at radius 2 is 2.09 bits per heavy atom. The van der Waals surface area contributed by atoms with E-state index in [0.29, 0.717) is 18.5 Å². The molecule has 2 aromatic rings. The highest BCUT2D eigenvalue weighted by Crippen LogP contribution is 2.24. The van der Waals surface area contributed by atoms with Crippen LogP contribution in [0, 0.1) is 0 Å². The third-order valence-electron chi connectivity index (χ3n) is 3.43. The molecule has 0 bridgehead atoms. The number of amides is 1. The summed E-state index contributed by atoms with van der Waals surface area (Å²) in [5.74, 6) is 1.47. The van der Waals surface area contributed by atoms with Gasteiger partial charge in [0.1, 0.15) is 11.5 Å². The van der Waals surface area contributed by atoms with Crippen LogP contribution in [0.15, 0.2) is 41.3 Å². The van der Waals surface area contributed by atoms with Crippen molar-refractivity contribution in [3.63, 3.8) is 0 Å². The molecule has 0 unspecified atom stereocenters. The first-order valence-corrected chi connectivity index (χ1v) is 8.23. The fourth-order valence-electron chi connectivity index (χ4n) is 2.16. The van der Waals surface area contributed by atoms with Gasteiger partial charge in [-0.25, -0.2) is 0 Å². The maximum absolute atomic E-state index is 12.1. The van der Waals surface area contributed by atoms with Crippen LogP contribution in [0.25, 0.3) is 6.08 Å². The van der Waals surface area contributed by atoms with E-state index in [4.69, 9.17) is 9.47 Å². The average molecular weight is 331 g/mol. The Labute approximate surface area is 140 Å². The van der Waals surface area contributed by atoms with E-state index in [9.17, 15) is 4.79 Å². The zero-order valence-electron chi connectivity index (χ0n) is 13.6. The number of hydrogen-bond acceptors (Lipinski definition) is 4. The van der Waals surface area contributed by atoms with Gasteiger partial charge < -0.3 is 14.8 Å². The Hall–Kier alpha value is -2.27. The van der Waals surface area contributed by atoms with Crippen molar-refractivity contribution in [2.45, 2.75) is 13.3 Å². The number of nitrogens with one attached hydrogen (secondary N) is 1. The molecule has 1 aromatic carbocycles. The van der Waals surface area contributed by atoms with Gasteiger partial charge in [0.25, 0.3) is 0 Å². The number of rotatable bonds is 7. The Kier molecular flexibility index (Phi) is 6.23. The Morgan fingerprint density at radius 1 is 1.26 bits per heavy atom.